The number of rotatable bonds is 9. The van der Waals surface area contributed by atoms with Crippen molar-refractivity contribution < 1.29 is 24.2 Å². The van der Waals surface area contributed by atoms with E-state index in [9.17, 15) is 4.79 Å². The number of methoxy groups -OCH3 is 1. The van der Waals surface area contributed by atoms with Gasteiger partial charge in [0.15, 0.2) is 6.29 Å². The molecule has 38 heavy (non-hydrogen) atoms. The summed E-state index contributed by atoms with van der Waals surface area (Å²) in [6, 6.07) is 23.8. The molecular weight excluding hydrogens is 480 g/mol. The maximum Gasteiger partial charge on any atom is 0.275 e. The third kappa shape index (κ3) is 6.02. The van der Waals surface area contributed by atoms with Crippen LogP contribution in [0.25, 0.3) is 33.3 Å². The average molecular weight is 513 g/mol. The molecule has 5 rings (SSSR count). The minimum atomic E-state index is -0.439. The molecule has 0 saturated carbocycles. The van der Waals surface area contributed by atoms with Crippen LogP contribution >= 0.6 is 0 Å². The van der Waals surface area contributed by atoms with Crippen LogP contribution in [0.15, 0.2) is 72.8 Å². The third-order valence-corrected chi connectivity index (χ3v) is 6.77. The van der Waals surface area contributed by atoms with Gasteiger partial charge in [-0.05, 0) is 66.6 Å². The van der Waals surface area contributed by atoms with Crippen LogP contribution in [0, 0.1) is 0 Å². The van der Waals surface area contributed by atoms with Crippen molar-refractivity contribution in [3.8, 4) is 28.1 Å². The van der Waals surface area contributed by atoms with E-state index < -0.39 is 6.29 Å². The predicted molar refractivity (Wildman–Crippen MR) is 147 cm³/mol. The Labute approximate surface area is 222 Å². The molecule has 3 aromatic carbocycles. The SMILES string of the molecule is COc1ccc2nc(-c3ccc(-c4ccc(CCCO)cc4)cc3)cc(C(=O)NOC3CCCCO3)c2c1. The fourth-order valence-corrected chi connectivity index (χ4v) is 4.63. The summed E-state index contributed by atoms with van der Waals surface area (Å²) in [6.07, 6.45) is 3.94. The number of hydroxylamine groups is 1. The number of aliphatic hydroxyl groups is 1. The number of aliphatic hydroxyl groups excluding tert-OH is 1. The Balaban J connectivity index is 1.41. The van der Waals surface area contributed by atoms with Gasteiger partial charge in [-0.25, -0.2) is 15.3 Å². The summed E-state index contributed by atoms with van der Waals surface area (Å²) in [6.45, 7) is 0.828. The lowest BCUT2D eigenvalue weighted by atomic mass is 9.99. The first kappa shape index (κ1) is 25.9. The van der Waals surface area contributed by atoms with Crippen LogP contribution in [0.3, 0.4) is 0 Å². The molecule has 2 heterocycles. The van der Waals surface area contributed by atoms with Crippen molar-refractivity contribution in [1.29, 1.82) is 0 Å². The van der Waals surface area contributed by atoms with E-state index in [0.29, 0.717) is 34.5 Å². The quantitative estimate of drug-likeness (QED) is 0.280. The van der Waals surface area contributed by atoms with Gasteiger partial charge >= 0.3 is 0 Å². The molecule has 1 unspecified atom stereocenters. The van der Waals surface area contributed by atoms with Crippen molar-refractivity contribution in [2.45, 2.75) is 38.4 Å². The van der Waals surface area contributed by atoms with Crippen LogP contribution in [-0.4, -0.2) is 42.6 Å². The molecule has 0 bridgehead atoms. The van der Waals surface area contributed by atoms with Crippen LogP contribution in [0.4, 0.5) is 0 Å². The van der Waals surface area contributed by atoms with E-state index in [0.717, 1.165) is 48.8 Å². The van der Waals surface area contributed by atoms with E-state index in [-0.39, 0.29) is 12.5 Å². The van der Waals surface area contributed by atoms with E-state index in [2.05, 4.69) is 41.9 Å². The summed E-state index contributed by atoms with van der Waals surface area (Å²) in [5, 5.41) is 9.72. The van der Waals surface area contributed by atoms with Crippen molar-refractivity contribution in [3.63, 3.8) is 0 Å². The first-order chi connectivity index (χ1) is 18.6. The lowest BCUT2D eigenvalue weighted by Crippen LogP contribution is -2.33. The molecule has 196 valence electrons. The maximum atomic E-state index is 13.2. The molecule has 2 N–H and O–H groups in total. The lowest BCUT2D eigenvalue weighted by Gasteiger charge is -2.22. The summed E-state index contributed by atoms with van der Waals surface area (Å²) < 4.78 is 11.0. The average Bonchev–Trinajstić information content (AvgIpc) is 2.99. The lowest BCUT2D eigenvalue weighted by molar-refractivity contribution is -0.186. The number of pyridine rings is 1. The normalized spacial score (nSPS) is 15.4. The van der Waals surface area contributed by atoms with Gasteiger partial charge in [0.2, 0.25) is 0 Å². The Hall–Kier alpha value is -3.78. The predicted octanol–water partition coefficient (Wildman–Crippen LogP) is 5.69. The molecule has 1 saturated heterocycles. The number of fused-ring (bicyclic) bond motifs is 1. The van der Waals surface area contributed by atoms with Gasteiger partial charge in [0.25, 0.3) is 5.91 Å². The summed E-state index contributed by atoms with van der Waals surface area (Å²) >= 11 is 0. The highest BCUT2D eigenvalue weighted by Crippen LogP contribution is 2.30. The molecule has 1 fully saturated rings. The monoisotopic (exact) mass is 512 g/mol. The van der Waals surface area contributed by atoms with Crippen molar-refractivity contribution in [1.82, 2.24) is 10.5 Å². The van der Waals surface area contributed by atoms with Gasteiger partial charge in [0, 0.05) is 30.6 Å². The summed E-state index contributed by atoms with van der Waals surface area (Å²) in [5.41, 5.74) is 8.71. The number of aromatic nitrogens is 1. The smallest absolute Gasteiger partial charge is 0.275 e. The molecule has 0 spiro atoms. The highest BCUT2D eigenvalue weighted by atomic mass is 16.8. The Morgan fingerprint density at radius 2 is 1.74 bits per heavy atom. The molecule has 0 radical (unpaired) electrons. The number of carbonyl (C=O) groups excluding carboxylic acids is 1. The second-order valence-corrected chi connectivity index (χ2v) is 9.38. The van der Waals surface area contributed by atoms with Gasteiger partial charge < -0.3 is 14.6 Å². The van der Waals surface area contributed by atoms with E-state index in [4.69, 9.17) is 24.4 Å². The van der Waals surface area contributed by atoms with Crippen molar-refractivity contribution >= 4 is 16.8 Å². The fourth-order valence-electron chi connectivity index (χ4n) is 4.63. The Bertz CT molecular complexity index is 1380. The largest absolute Gasteiger partial charge is 0.497 e. The molecule has 4 aromatic rings. The van der Waals surface area contributed by atoms with Crippen LogP contribution in [0.1, 0.15) is 41.6 Å². The zero-order valence-corrected chi connectivity index (χ0v) is 21.5. The minimum absolute atomic E-state index is 0.199. The van der Waals surface area contributed by atoms with Crippen LogP contribution in [0.5, 0.6) is 5.75 Å². The number of ether oxygens (including phenoxy) is 2. The molecule has 1 aromatic heterocycles. The zero-order chi connectivity index (χ0) is 26.3. The van der Waals surface area contributed by atoms with E-state index in [1.807, 2.05) is 30.3 Å². The molecule has 1 amide bonds. The number of hydrogen-bond donors (Lipinski definition) is 2. The second-order valence-electron chi connectivity index (χ2n) is 9.38. The second kappa shape index (κ2) is 12.2. The number of benzene rings is 3. The molecule has 1 atom stereocenters. The van der Waals surface area contributed by atoms with Crippen LogP contribution in [0.2, 0.25) is 0 Å². The number of nitrogens with zero attached hydrogens (tertiary/aromatic N) is 1. The topological polar surface area (TPSA) is 89.9 Å². The molecular formula is C31H32N2O5. The van der Waals surface area contributed by atoms with Crippen LogP contribution < -0.4 is 10.2 Å². The van der Waals surface area contributed by atoms with Crippen molar-refractivity contribution in [3.05, 3.63) is 83.9 Å². The first-order valence-electron chi connectivity index (χ1n) is 13.0. The Morgan fingerprint density at radius 3 is 2.42 bits per heavy atom. The minimum Gasteiger partial charge on any atom is -0.497 e. The molecule has 1 aliphatic rings. The van der Waals surface area contributed by atoms with Gasteiger partial charge in [-0.1, -0.05) is 48.5 Å². The first-order valence-corrected chi connectivity index (χ1v) is 13.0. The van der Waals surface area contributed by atoms with E-state index >= 15 is 0 Å². The standard InChI is InChI=1S/C31H32N2O5/c1-36-25-15-16-28-26(19-25)27(31(35)33-38-30-6-2-3-18-37-30)20-29(32-28)24-13-11-23(12-14-24)22-9-7-21(8-10-22)5-4-17-34/h7-16,19-20,30,34H,2-6,17-18H2,1H3,(H,33,35). The van der Waals surface area contributed by atoms with Crippen molar-refractivity contribution in [2.24, 2.45) is 0 Å². The van der Waals surface area contributed by atoms with Gasteiger partial charge in [-0.15, -0.1) is 0 Å². The number of carbonyl (C=O) groups is 1. The summed E-state index contributed by atoms with van der Waals surface area (Å²) in [4.78, 5) is 23.6. The Morgan fingerprint density at radius 1 is 1.00 bits per heavy atom. The van der Waals surface area contributed by atoms with Crippen molar-refractivity contribution in [2.75, 3.05) is 20.3 Å². The van der Waals surface area contributed by atoms with Gasteiger partial charge in [0.05, 0.1) is 23.9 Å². The number of hydrogen-bond acceptors (Lipinski definition) is 6. The van der Waals surface area contributed by atoms with Gasteiger partial charge in [-0.2, -0.15) is 0 Å². The molecule has 7 nitrogen and oxygen atoms in total. The zero-order valence-electron chi connectivity index (χ0n) is 21.5. The summed E-state index contributed by atoms with van der Waals surface area (Å²) in [7, 11) is 1.59. The molecule has 0 aliphatic carbocycles. The highest BCUT2D eigenvalue weighted by molar-refractivity contribution is 6.07. The van der Waals surface area contributed by atoms with Gasteiger partial charge in [-0.3, -0.25) is 4.79 Å². The van der Waals surface area contributed by atoms with Gasteiger partial charge in [0.1, 0.15) is 5.75 Å². The Kier molecular flexibility index (Phi) is 8.28. The third-order valence-electron chi connectivity index (χ3n) is 6.77. The fraction of sp³-hybridized carbons (Fsp3) is 0.290. The highest BCUT2D eigenvalue weighted by Gasteiger charge is 2.19. The maximum absolute atomic E-state index is 13.2. The van der Waals surface area contributed by atoms with E-state index in [1.165, 1.54) is 5.56 Å². The van der Waals surface area contributed by atoms with E-state index in [1.54, 1.807) is 13.2 Å². The molecule has 1 aliphatic heterocycles. The number of aryl methyl sites for hydroxylation is 1. The summed E-state index contributed by atoms with van der Waals surface area (Å²) in [5.74, 6) is 0.281. The number of nitrogens with one attached hydrogen (secondary N) is 1. The molecule has 7 heteroatoms. The van der Waals surface area contributed by atoms with Crippen LogP contribution in [-0.2, 0) is 16.0 Å². The number of amides is 1.